The zero-order valence-electron chi connectivity index (χ0n) is 18.2. The number of carbonyl (C=O) groups is 1. The summed E-state index contributed by atoms with van der Waals surface area (Å²) in [6.45, 7) is 7.19. The summed E-state index contributed by atoms with van der Waals surface area (Å²) < 4.78 is 31.4. The number of hydrogen-bond acceptors (Lipinski definition) is 6. The van der Waals surface area contributed by atoms with Gasteiger partial charge in [-0.15, -0.1) is 0 Å². The molecule has 0 aliphatic carbocycles. The van der Waals surface area contributed by atoms with E-state index in [0.717, 1.165) is 32.8 Å². The fourth-order valence-corrected chi connectivity index (χ4v) is 4.50. The molecule has 31 heavy (non-hydrogen) atoms. The largest absolute Gasteiger partial charge is 0.345 e. The highest BCUT2D eigenvalue weighted by Crippen LogP contribution is 2.26. The molecule has 8 nitrogen and oxygen atoms in total. The first kappa shape index (κ1) is 22.5. The zero-order chi connectivity index (χ0) is 22.8. The number of aromatic nitrogens is 2. The molecule has 0 saturated carbocycles. The van der Waals surface area contributed by atoms with E-state index in [1.165, 1.54) is 0 Å². The molecule has 0 radical (unpaired) electrons. The number of rotatable bonds is 7. The molecule has 0 aliphatic rings. The average molecular weight is 443 g/mol. The van der Waals surface area contributed by atoms with Crippen LogP contribution in [0.2, 0.25) is 0 Å². The number of benzene rings is 2. The third kappa shape index (κ3) is 5.29. The number of carbonyl (C=O) groups excluding carboxylic acids is 1. The number of sulfonamides is 1. The minimum Gasteiger partial charge on any atom is -0.345 e. The standard InChI is InChI=1S/C22H26N4O4S/c1-14-7-6-8-18(11-14)21-24-20(30-25-21)13-23-22(27)17(4)26(31(5,28)29)19-12-15(2)9-10-16(19)3/h6-12,17H,13H2,1-5H3,(H,23,27). The maximum Gasteiger partial charge on any atom is 0.246 e. The molecule has 1 N–H and O–H groups in total. The second kappa shape index (κ2) is 8.89. The predicted octanol–water partition coefficient (Wildman–Crippen LogP) is 3.13. The van der Waals surface area contributed by atoms with Crippen LogP contribution in [0.15, 0.2) is 47.0 Å². The van der Waals surface area contributed by atoms with Gasteiger partial charge in [0.05, 0.1) is 18.5 Å². The van der Waals surface area contributed by atoms with Crippen molar-refractivity contribution in [3.63, 3.8) is 0 Å². The molecule has 1 aromatic heterocycles. The van der Waals surface area contributed by atoms with Crippen LogP contribution in [0.25, 0.3) is 11.4 Å². The predicted molar refractivity (Wildman–Crippen MR) is 119 cm³/mol. The number of hydrogen-bond donors (Lipinski definition) is 1. The first-order chi connectivity index (χ1) is 14.6. The molecular formula is C22H26N4O4S. The van der Waals surface area contributed by atoms with Crippen LogP contribution in [-0.2, 0) is 21.4 Å². The first-order valence-corrected chi connectivity index (χ1v) is 11.6. The molecule has 0 saturated heterocycles. The molecule has 1 heterocycles. The fourth-order valence-electron chi connectivity index (χ4n) is 3.28. The minimum atomic E-state index is -3.70. The van der Waals surface area contributed by atoms with Gasteiger partial charge in [0.25, 0.3) is 0 Å². The molecule has 1 amide bonds. The highest BCUT2D eigenvalue weighted by molar-refractivity contribution is 7.92. The van der Waals surface area contributed by atoms with E-state index in [0.29, 0.717) is 11.5 Å². The van der Waals surface area contributed by atoms with E-state index in [9.17, 15) is 13.2 Å². The Morgan fingerprint density at radius 1 is 1.13 bits per heavy atom. The second-order valence-corrected chi connectivity index (χ2v) is 9.48. The maximum atomic E-state index is 12.8. The maximum absolute atomic E-state index is 12.8. The average Bonchev–Trinajstić information content (AvgIpc) is 3.17. The van der Waals surface area contributed by atoms with E-state index in [1.807, 2.05) is 57.2 Å². The summed E-state index contributed by atoms with van der Waals surface area (Å²) in [5, 5.41) is 6.64. The van der Waals surface area contributed by atoms with Crippen LogP contribution in [-0.4, -0.2) is 36.8 Å². The van der Waals surface area contributed by atoms with Gasteiger partial charge in [-0.3, -0.25) is 9.10 Å². The number of amides is 1. The minimum absolute atomic E-state index is 0.00755. The topological polar surface area (TPSA) is 105 Å². The van der Waals surface area contributed by atoms with Crippen LogP contribution < -0.4 is 9.62 Å². The van der Waals surface area contributed by atoms with Gasteiger partial charge in [-0.2, -0.15) is 4.98 Å². The monoisotopic (exact) mass is 442 g/mol. The van der Waals surface area contributed by atoms with Gasteiger partial charge in [0.2, 0.25) is 27.6 Å². The molecule has 1 unspecified atom stereocenters. The fraction of sp³-hybridized carbons (Fsp3) is 0.318. The summed E-state index contributed by atoms with van der Waals surface area (Å²) in [6, 6.07) is 12.2. The van der Waals surface area contributed by atoms with Crippen LogP contribution in [0.5, 0.6) is 0 Å². The Kier molecular flexibility index (Phi) is 6.45. The molecular weight excluding hydrogens is 416 g/mol. The Balaban J connectivity index is 1.75. The van der Waals surface area contributed by atoms with Crippen LogP contribution in [0, 0.1) is 20.8 Å². The smallest absolute Gasteiger partial charge is 0.246 e. The summed E-state index contributed by atoms with van der Waals surface area (Å²) in [5.74, 6) is 0.186. The van der Waals surface area contributed by atoms with Gasteiger partial charge in [-0.1, -0.05) is 41.1 Å². The molecule has 3 rings (SSSR count). The van der Waals surface area contributed by atoms with Crippen molar-refractivity contribution in [3.8, 4) is 11.4 Å². The highest BCUT2D eigenvalue weighted by Gasteiger charge is 2.30. The van der Waals surface area contributed by atoms with E-state index in [-0.39, 0.29) is 12.4 Å². The summed E-state index contributed by atoms with van der Waals surface area (Å²) in [4.78, 5) is 17.1. The van der Waals surface area contributed by atoms with Crippen molar-refractivity contribution in [1.29, 1.82) is 0 Å². The van der Waals surface area contributed by atoms with E-state index in [4.69, 9.17) is 4.52 Å². The van der Waals surface area contributed by atoms with E-state index in [1.54, 1.807) is 13.0 Å². The van der Waals surface area contributed by atoms with Gasteiger partial charge in [0.15, 0.2) is 0 Å². The Bertz CT molecular complexity index is 1200. The van der Waals surface area contributed by atoms with Crippen LogP contribution in [0.1, 0.15) is 29.5 Å². The summed E-state index contributed by atoms with van der Waals surface area (Å²) in [7, 11) is -3.70. The van der Waals surface area contributed by atoms with Crippen molar-refractivity contribution in [3.05, 3.63) is 65.0 Å². The van der Waals surface area contributed by atoms with E-state index in [2.05, 4.69) is 15.5 Å². The lowest BCUT2D eigenvalue weighted by Gasteiger charge is -2.29. The molecule has 0 bridgehead atoms. The van der Waals surface area contributed by atoms with Gasteiger partial charge < -0.3 is 9.84 Å². The Labute approximate surface area is 182 Å². The molecule has 164 valence electrons. The van der Waals surface area contributed by atoms with Crippen LogP contribution >= 0.6 is 0 Å². The lowest BCUT2D eigenvalue weighted by atomic mass is 10.1. The third-order valence-electron chi connectivity index (χ3n) is 4.85. The van der Waals surface area contributed by atoms with Gasteiger partial charge in [0, 0.05) is 5.56 Å². The van der Waals surface area contributed by atoms with Gasteiger partial charge in [-0.05, 0) is 51.0 Å². The summed E-state index contributed by atoms with van der Waals surface area (Å²) in [6.07, 6.45) is 1.09. The highest BCUT2D eigenvalue weighted by atomic mass is 32.2. The zero-order valence-corrected chi connectivity index (χ0v) is 19.0. The SMILES string of the molecule is Cc1cccc(-c2noc(CNC(=O)C(C)N(c3cc(C)ccc3C)S(C)(=O)=O)n2)c1. The van der Waals surface area contributed by atoms with E-state index < -0.39 is 22.0 Å². The third-order valence-corrected chi connectivity index (χ3v) is 6.08. The molecule has 9 heteroatoms. The van der Waals surface area contributed by atoms with Crippen molar-refractivity contribution < 1.29 is 17.7 Å². The first-order valence-electron chi connectivity index (χ1n) is 9.80. The lowest BCUT2D eigenvalue weighted by Crippen LogP contribution is -2.48. The Morgan fingerprint density at radius 3 is 2.52 bits per heavy atom. The molecule has 2 aromatic carbocycles. The normalized spacial score (nSPS) is 12.4. The molecule has 3 aromatic rings. The molecule has 1 atom stereocenters. The number of nitrogens with zero attached hydrogens (tertiary/aromatic N) is 3. The number of nitrogens with one attached hydrogen (secondary N) is 1. The summed E-state index contributed by atoms with van der Waals surface area (Å²) in [5.41, 5.74) is 4.02. The van der Waals surface area contributed by atoms with Gasteiger partial charge in [-0.25, -0.2) is 8.42 Å². The summed E-state index contributed by atoms with van der Waals surface area (Å²) >= 11 is 0. The lowest BCUT2D eigenvalue weighted by molar-refractivity contribution is -0.122. The molecule has 0 spiro atoms. The van der Waals surface area contributed by atoms with Crippen molar-refractivity contribution in [2.24, 2.45) is 0 Å². The Morgan fingerprint density at radius 2 is 1.84 bits per heavy atom. The van der Waals surface area contributed by atoms with Crippen molar-refractivity contribution in [2.45, 2.75) is 40.3 Å². The Hall–Kier alpha value is -3.20. The van der Waals surface area contributed by atoms with Crippen molar-refractivity contribution in [2.75, 3.05) is 10.6 Å². The van der Waals surface area contributed by atoms with Gasteiger partial charge in [0.1, 0.15) is 6.04 Å². The second-order valence-electron chi connectivity index (χ2n) is 7.62. The molecule has 0 fully saturated rings. The van der Waals surface area contributed by atoms with Crippen molar-refractivity contribution in [1.82, 2.24) is 15.5 Å². The quantitative estimate of drug-likeness (QED) is 0.603. The number of anilines is 1. The van der Waals surface area contributed by atoms with E-state index >= 15 is 0 Å². The van der Waals surface area contributed by atoms with Crippen LogP contribution in [0.3, 0.4) is 0 Å². The molecule has 0 aliphatic heterocycles. The van der Waals surface area contributed by atoms with Crippen molar-refractivity contribution >= 4 is 21.6 Å². The van der Waals surface area contributed by atoms with Crippen LogP contribution in [0.4, 0.5) is 5.69 Å². The number of aryl methyl sites for hydroxylation is 3. The van der Waals surface area contributed by atoms with Gasteiger partial charge >= 0.3 is 0 Å².